The number of rotatable bonds is 18. The minimum absolute atomic E-state index is 0.0972. The average Bonchev–Trinajstić information content (AvgIpc) is 2.97. The van der Waals surface area contributed by atoms with Crippen molar-refractivity contribution in [3.05, 3.63) is 91.0 Å². The van der Waals surface area contributed by atoms with Crippen LogP contribution in [0.1, 0.15) is 51.2 Å². The second kappa shape index (κ2) is 17.1. The van der Waals surface area contributed by atoms with Crippen molar-refractivity contribution in [3.8, 4) is 5.75 Å². The lowest BCUT2D eigenvalue weighted by molar-refractivity contribution is -0.149. The van der Waals surface area contributed by atoms with Gasteiger partial charge in [-0.25, -0.2) is 9.59 Å². The number of esters is 1. The number of amides is 2. The Morgan fingerprint density at radius 3 is 1.91 bits per heavy atom. The predicted octanol–water partition coefficient (Wildman–Crippen LogP) is 3.29. The number of hydrogen-bond acceptors (Lipinski definition) is 7. The Labute approximate surface area is 259 Å². The number of allylic oxidation sites excluding steroid dienone is 2. The first kappa shape index (κ1) is 35.9. The van der Waals surface area contributed by atoms with E-state index >= 15 is 0 Å². The van der Waals surface area contributed by atoms with Crippen LogP contribution >= 0.6 is 0 Å². The highest BCUT2D eigenvalue weighted by atomic mass is 16.5. The molecule has 1 unspecified atom stereocenters. The van der Waals surface area contributed by atoms with Crippen LogP contribution in [-0.4, -0.2) is 52.5 Å². The lowest BCUT2D eigenvalue weighted by atomic mass is 9.80. The zero-order valence-corrected chi connectivity index (χ0v) is 25.8. The SMILES string of the molecule is C=CCC(CC=C)C(C)(NC(=O)[C@@H](N)Cc1ccc(OC(=O)[C@H](CC(C)C)NC(=O)[C@@H](N)Cc2ccccc2)cc1)C(=O)O. The summed E-state index contributed by atoms with van der Waals surface area (Å²) in [7, 11) is 0. The van der Waals surface area contributed by atoms with E-state index in [9.17, 15) is 24.3 Å². The van der Waals surface area contributed by atoms with Gasteiger partial charge in [-0.05, 0) is 74.1 Å². The van der Waals surface area contributed by atoms with Crippen LogP contribution in [-0.2, 0) is 32.0 Å². The molecule has 2 rings (SSSR count). The molecule has 0 aromatic heterocycles. The first-order chi connectivity index (χ1) is 20.8. The third kappa shape index (κ3) is 10.8. The Morgan fingerprint density at radius 2 is 1.41 bits per heavy atom. The van der Waals surface area contributed by atoms with Crippen LogP contribution in [0.3, 0.4) is 0 Å². The van der Waals surface area contributed by atoms with Crippen LogP contribution < -0.4 is 26.8 Å². The number of benzene rings is 2. The van der Waals surface area contributed by atoms with Crippen LogP contribution in [0.25, 0.3) is 0 Å². The maximum absolute atomic E-state index is 13.0. The molecule has 10 nitrogen and oxygen atoms in total. The number of hydrogen-bond donors (Lipinski definition) is 5. The largest absolute Gasteiger partial charge is 0.480 e. The maximum Gasteiger partial charge on any atom is 0.334 e. The second-order valence-corrected chi connectivity index (χ2v) is 11.6. The van der Waals surface area contributed by atoms with Crippen LogP contribution in [0.15, 0.2) is 79.9 Å². The van der Waals surface area contributed by atoms with E-state index in [0.717, 1.165) is 5.56 Å². The highest BCUT2D eigenvalue weighted by molar-refractivity contribution is 5.90. The van der Waals surface area contributed by atoms with Gasteiger partial charge in [0, 0.05) is 0 Å². The highest BCUT2D eigenvalue weighted by Gasteiger charge is 2.42. The fourth-order valence-corrected chi connectivity index (χ4v) is 4.80. The van der Waals surface area contributed by atoms with Crippen LogP contribution in [0.2, 0.25) is 0 Å². The van der Waals surface area contributed by atoms with E-state index in [0.29, 0.717) is 31.2 Å². The number of carbonyl (C=O) groups is 4. The Morgan fingerprint density at radius 1 is 0.886 bits per heavy atom. The topological polar surface area (TPSA) is 174 Å². The molecule has 0 saturated carbocycles. The monoisotopic (exact) mass is 606 g/mol. The van der Waals surface area contributed by atoms with Crippen molar-refractivity contribution in [2.24, 2.45) is 23.3 Å². The van der Waals surface area contributed by atoms with Gasteiger partial charge in [-0.15, -0.1) is 13.2 Å². The van der Waals surface area contributed by atoms with Crippen LogP contribution in [0, 0.1) is 11.8 Å². The van der Waals surface area contributed by atoms with E-state index in [2.05, 4.69) is 23.8 Å². The smallest absolute Gasteiger partial charge is 0.334 e. The minimum Gasteiger partial charge on any atom is -0.480 e. The van der Waals surface area contributed by atoms with E-state index in [1.54, 1.807) is 36.4 Å². The fraction of sp³-hybridized carbons (Fsp3) is 0.412. The minimum atomic E-state index is -1.57. The molecular formula is C34H46N4O6. The van der Waals surface area contributed by atoms with Crippen molar-refractivity contribution in [1.82, 2.24) is 10.6 Å². The second-order valence-electron chi connectivity index (χ2n) is 11.6. The Kier molecular flexibility index (Phi) is 14.0. The number of ether oxygens (including phenoxy) is 1. The fourth-order valence-electron chi connectivity index (χ4n) is 4.80. The molecule has 4 atom stereocenters. The Bertz CT molecular complexity index is 1270. The summed E-state index contributed by atoms with van der Waals surface area (Å²) in [6.45, 7) is 12.7. The van der Waals surface area contributed by atoms with Gasteiger partial charge in [0.2, 0.25) is 11.8 Å². The lowest BCUT2D eigenvalue weighted by Crippen LogP contribution is -2.60. The van der Waals surface area contributed by atoms with Gasteiger partial charge in [0.1, 0.15) is 17.3 Å². The zero-order valence-electron chi connectivity index (χ0n) is 25.8. The summed E-state index contributed by atoms with van der Waals surface area (Å²) >= 11 is 0. The molecule has 0 heterocycles. The van der Waals surface area contributed by atoms with Crippen molar-refractivity contribution >= 4 is 23.8 Å². The molecule has 0 aliphatic rings. The van der Waals surface area contributed by atoms with E-state index < -0.39 is 53.3 Å². The Balaban J connectivity index is 2.03. The van der Waals surface area contributed by atoms with Gasteiger partial charge < -0.3 is 31.9 Å². The molecule has 2 aromatic rings. The lowest BCUT2D eigenvalue weighted by Gasteiger charge is -2.34. The molecule has 0 aliphatic heterocycles. The van der Waals surface area contributed by atoms with Crippen molar-refractivity contribution in [2.75, 3.05) is 0 Å². The molecular weight excluding hydrogens is 560 g/mol. The number of nitrogens with two attached hydrogens (primary N) is 2. The van der Waals surface area contributed by atoms with E-state index in [1.165, 1.54) is 6.92 Å². The molecule has 7 N–H and O–H groups in total. The first-order valence-corrected chi connectivity index (χ1v) is 14.7. The molecule has 0 radical (unpaired) electrons. The van der Waals surface area contributed by atoms with Gasteiger partial charge in [0.05, 0.1) is 12.1 Å². The standard InChI is InChI=1S/C34H46N4O6/c1-6-11-25(12-7-2)34(5,33(42)43)38-31(40)28(36)21-24-15-17-26(18-16-24)44-32(41)29(19-22(3)4)37-30(39)27(35)20-23-13-9-8-10-14-23/h6-10,13-18,22,25,27-29H,1-2,11-12,19-21,35-36H2,3-5H3,(H,37,39)(H,38,40)(H,42,43)/t27-,28-,29-,34?/m0/s1. The van der Waals surface area contributed by atoms with Gasteiger partial charge >= 0.3 is 11.9 Å². The molecule has 238 valence electrons. The quantitative estimate of drug-likeness (QED) is 0.0976. The molecule has 10 heteroatoms. The zero-order chi connectivity index (χ0) is 32.9. The molecule has 0 saturated heterocycles. The maximum atomic E-state index is 13.0. The number of carboxylic acids is 1. The van der Waals surface area contributed by atoms with Crippen LogP contribution in [0.5, 0.6) is 5.75 Å². The van der Waals surface area contributed by atoms with Crippen molar-refractivity contribution in [3.63, 3.8) is 0 Å². The number of carbonyl (C=O) groups excluding carboxylic acids is 3. The summed E-state index contributed by atoms with van der Waals surface area (Å²) < 4.78 is 5.56. The molecule has 0 bridgehead atoms. The highest BCUT2D eigenvalue weighted by Crippen LogP contribution is 2.26. The summed E-state index contributed by atoms with van der Waals surface area (Å²) in [5.74, 6) is -2.96. The summed E-state index contributed by atoms with van der Waals surface area (Å²) in [6, 6.07) is 13.1. The van der Waals surface area contributed by atoms with Gasteiger partial charge in [0.15, 0.2) is 0 Å². The average molecular weight is 607 g/mol. The van der Waals surface area contributed by atoms with Gasteiger partial charge in [0.25, 0.3) is 0 Å². The number of carboxylic acid groups (broad SMARTS) is 1. The van der Waals surface area contributed by atoms with E-state index in [4.69, 9.17) is 16.2 Å². The summed E-state index contributed by atoms with van der Waals surface area (Å²) in [6.07, 6.45) is 4.76. The van der Waals surface area contributed by atoms with Crippen molar-refractivity contribution in [1.29, 1.82) is 0 Å². The molecule has 0 aliphatic carbocycles. The molecule has 0 fully saturated rings. The summed E-state index contributed by atoms with van der Waals surface area (Å²) in [5, 5.41) is 15.3. The van der Waals surface area contributed by atoms with Gasteiger partial charge in [-0.3, -0.25) is 9.59 Å². The number of aliphatic carboxylic acids is 1. The first-order valence-electron chi connectivity index (χ1n) is 14.7. The number of nitrogens with one attached hydrogen (secondary N) is 2. The third-order valence-corrected chi connectivity index (χ3v) is 7.42. The predicted molar refractivity (Wildman–Crippen MR) is 171 cm³/mol. The van der Waals surface area contributed by atoms with E-state index in [1.807, 2.05) is 44.2 Å². The van der Waals surface area contributed by atoms with Crippen LogP contribution in [0.4, 0.5) is 0 Å². The molecule has 2 aromatic carbocycles. The Hall–Kier alpha value is -4.28. The van der Waals surface area contributed by atoms with Crippen molar-refractivity contribution in [2.45, 2.75) is 76.5 Å². The van der Waals surface area contributed by atoms with Gasteiger partial charge in [-0.2, -0.15) is 0 Å². The molecule has 2 amide bonds. The summed E-state index contributed by atoms with van der Waals surface area (Å²) in [4.78, 5) is 50.9. The summed E-state index contributed by atoms with van der Waals surface area (Å²) in [5.41, 5.74) is 12.3. The third-order valence-electron chi connectivity index (χ3n) is 7.42. The van der Waals surface area contributed by atoms with Crippen molar-refractivity contribution < 1.29 is 29.0 Å². The normalized spacial score (nSPS) is 14.5. The molecule has 0 spiro atoms. The van der Waals surface area contributed by atoms with Gasteiger partial charge in [-0.1, -0.05) is 68.5 Å². The molecule has 44 heavy (non-hydrogen) atoms. The van der Waals surface area contributed by atoms with E-state index in [-0.39, 0.29) is 18.1 Å².